The first-order valence-electron chi connectivity index (χ1n) is 11.2. The van der Waals surface area contributed by atoms with E-state index in [0.29, 0.717) is 19.6 Å². The quantitative estimate of drug-likeness (QED) is 0.535. The highest BCUT2D eigenvalue weighted by Gasteiger charge is 2.26. The van der Waals surface area contributed by atoms with Crippen LogP contribution in [-0.2, 0) is 31.3 Å². The number of aromatic nitrogens is 4. The Morgan fingerprint density at radius 3 is 2.78 bits per heavy atom. The van der Waals surface area contributed by atoms with Crippen LogP contribution >= 0.6 is 0 Å². The standard InChI is InChI=1S/C24H32FN5O2/c1-5-30-18(3)20(17(2)26-30)15-29-11-13-32-24(16-29)22-14-19(28(4)27-22)10-12-31-23-9-7-6-8-21(23)25/h6-9,14,24H,5,10-13,15-16H2,1-4H3/t24-/m0/s1. The average molecular weight is 442 g/mol. The molecule has 0 radical (unpaired) electrons. The lowest BCUT2D eigenvalue weighted by Gasteiger charge is -2.32. The third kappa shape index (κ3) is 4.86. The maximum Gasteiger partial charge on any atom is 0.165 e. The molecule has 0 saturated carbocycles. The van der Waals surface area contributed by atoms with Crippen LogP contribution in [0.25, 0.3) is 0 Å². The maximum absolute atomic E-state index is 13.7. The molecule has 1 aliphatic heterocycles. The summed E-state index contributed by atoms with van der Waals surface area (Å²) in [5.41, 5.74) is 5.61. The highest BCUT2D eigenvalue weighted by atomic mass is 19.1. The van der Waals surface area contributed by atoms with Crippen LogP contribution in [0.4, 0.5) is 4.39 Å². The average Bonchev–Trinajstić information content (AvgIpc) is 3.29. The Morgan fingerprint density at radius 1 is 1.22 bits per heavy atom. The minimum absolute atomic E-state index is 0.0713. The predicted octanol–water partition coefficient (Wildman–Crippen LogP) is 3.59. The van der Waals surface area contributed by atoms with Gasteiger partial charge in [0.05, 0.1) is 24.6 Å². The molecule has 3 heterocycles. The van der Waals surface area contributed by atoms with E-state index in [2.05, 4.69) is 41.5 Å². The van der Waals surface area contributed by atoms with Gasteiger partial charge in [-0.25, -0.2) is 4.39 Å². The van der Waals surface area contributed by atoms with Crippen LogP contribution in [0.1, 0.15) is 41.4 Å². The molecule has 3 aromatic rings. The summed E-state index contributed by atoms with van der Waals surface area (Å²) in [6.07, 6.45) is 0.570. The van der Waals surface area contributed by atoms with Crippen LogP contribution in [-0.4, -0.2) is 50.8 Å². The molecule has 1 atom stereocenters. The molecular weight excluding hydrogens is 409 g/mol. The van der Waals surface area contributed by atoms with Gasteiger partial charge in [0, 0.05) is 56.6 Å². The van der Waals surface area contributed by atoms with E-state index in [4.69, 9.17) is 14.6 Å². The smallest absolute Gasteiger partial charge is 0.165 e. The van der Waals surface area contributed by atoms with Crippen LogP contribution in [0.3, 0.4) is 0 Å². The van der Waals surface area contributed by atoms with E-state index in [1.807, 2.05) is 11.7 Å². The van der Waals surface area contributed by atoms with Crippen molar-refractivity contribution in [2.75, 3.05) is 26.3 Å². The molecule has 0 bridgehead atoms. The summed E-state index contributed by atoms with van der Waals surface area (Å²) < 4.78 is 29.3. The Hall–Kier alpha value is -2.71. The minimum Gasteiger partial charge on any atom is -0.490 e. The summed E-state index contributed by atoms with van der Waals surface area (Å²) in [5.74, 6) is -0.0676. The molecule has 4 rings (SSSR count). The van der Waals surface area contributed by atoms with Crippen molar-refractivity contribution in [1.82, 2.24) is 24.5 Å². The number of halogens is 1. The van der Waals surface area contributed by atoms with Crippen molar-refractivity contribution in [3.8, 4) is 5.75 Å². The van der Waals surface area contributed by atoms with E-state index in [1.165, 1.54) is 17.3 Å². The van der Waals surface area contributed by atoms with Gasteiger partial charge in [0.25, 0.3) is 0 Å². The van der Waals surface area contributed by atoms with E-state index < -0.39 is 0 Å². The maximum atomic E-state index is 13.7. The molecule has 0 aliphatic carbocycles. The summed E-state index contributed by atoms with van der Waals surface area (Å²) in [5, 5.41) is 9.34. The monoisotopic (exact) mass is 441 g/mol. The van der Waals surface area contributed by atoms with Gasteiger partial charge in [0.1, 0.15) is 6.10 Å². The molecule has 32 heavy (non-hydrogen) atoms. The summed E-state index contributed by atoms with van der Waals surface area (Å²) in [4.78, 5) is 2.42. The van der Waals surface area contributed by atoms with Crippen molar-refractivity contribution < 1.29 is 13.9 Å². The van der Waals surface area contributed by atoms with Gasteiger partial charge in [-0.1, -0.05) is 12.1 Å². The van der Waals surface area contributed by atoms with E-state index in [9.17, 15) is 4.39 Å². The third-order valence-electron chi connectivity index (χ3n) is 6.14. The SMILES string of the molecule is CCn1nc(C)c(CN2CCO[C@H](c3cc(CCOc4ccccc4F)n(C)n3)C2)c1C. The first-order chi connectivity index (χ1) is 15.5. The van der Waals surface area contributed by atoms with Crippen molar-refractivity contribution in [2.45, 2.75) is 46.4 Å². The van der Waals surface area contributed by atoms with Gasteiger partial charge in [0.2, 0.25) is 0 Å². The molecule has 1 aromatic carbocycles. The Kier molecular flexibility index (Phi) is 6.91. The summed E-state index contributed by atoms with van der Waals surface area (Å²) >= 11 is 0. The first-order valence-corrected chi connectivity index (χ1v) is 11.2. The number of hydrogen-bond donors (Lipinski definition) is 0. The third-order valence-corrected chi connectivity index (χ3v) is 6.14. The molecule has 1 aliphatic rings. The fraction of sp³-hybridized carbons (Fsp3) is 0.500. The lowest BCUT2D eigenvalue weighted by atomic mass is 10.1. The molecule has 172 valence electrons. The highest BCUT2D eigenvalue weighted by Crippen LogP contribution is 2.25. The molecule has 1 fully saturated rings. The Bertz CT molecular complexity index is 1060. The second kappa shape index (κ2) is 9.83. The normalized spacial score (nSPS) is 17.1. The van der Waals surface area contributed by atoms with Crippen LogP contribution < -0.4 is 4.74 Å². The molecular formula is C24H32FN5O2. The molecule has 0 unspecified atom stereocenters. The largest absolute Gasteiger partial charge is 0.490 e. The fourth-order valence-corrected chi connectivity index (χ4v) is 4.27. The number of hydrogen-bond acceptors (Lipinski definition) is 5. The van der Waals surface area contributed by atoms with Gasteiger partial charge >= 0.3 is 0 Å². The van der Waals surface area contributed by atoms with Crippen LogP contribution in [0.5, 0.6) is 5.75 Å². The van der Waals surface area contributed by atoms with Gasteiger partial charge in [0.15, 0.2) is 11.6 Å². The lowest BCUT2D eigenvalue weighted by molar-refractivity contribution is -0.0353. The summed E-state index contributed by atoms with van der Waals surface area (Å²) in [7, 11) is 1.92. The Morgan fingerprint density at radius 2 is 2.03 bits per heavy atom. The second-order valence-electron chi connectivity index (χ2n) is 8.27. The van der Waals surface area contributed by atoms with E-state index in [1.54, 1.807) is 18.2 Å². The molecule has 0 N–H and O–H groups in total. The number of para-hydroxylation sites is 1. The van der Waals surface area contributed by atoms with E-state index in [-0.39, 0.29) is 17.7 Å². The van der Waals surface area contributed by atoms with Crippen LogP contribution in [0.2, 0.25) is 0 Å². The van der Waals surface area contributed by atoms with Crippen molar-refractivity contribution in [1.29, 1.82) is 0 Å². The summed E-state index contributed by atoms with van der Waals surface area (Å²) in [6, 6.07) is 8.54. The Balaban J connectivity index is 1.37. The predicted molar refractivity (Wildman–Crippen MR) is 120 cm³/mol. The zero-order valence-corrected chi connectivity index (χ0v) is 19.3. The number of ether oxygens (including phenoxy) is 2. The van der Waals surface area contributed by atoms with Crippen molar-refractivity contribution in [3.05, 3.63) is 64.5 Å². The molecule has 0 spiro atoms. The number of rotatable bonds is 8. The van der Waals surface area contributed by atoms with Crippen LogP contribution in [0.15, 0.2) is 30.3 Å². The lowest BCUT2D eigenvalue weighted by Crippen LogP contribution is -2.38. The molecule has 1 saturated heterocycles. The number of benzene rings is 1. The second-order valence-corrected chi connectivity index (χ2v) is 8.27. The fourth-order valence-electron chi connectivity index (χ4n) is 4.27. The van der Waals surface area contributed by atoms with E-state index >= 15 is 0 Å². The number of aryl methyl sites for hydroxylation is 3. The zero-order valence-electron chi connectivity index (χ0n) is 19.3. The Labute approximate surface area is 188 Å². The van der Waals surface area contributed by atoms with E-state index in [0.717, 1.165) is 43.3 Å². The van der Waals surface area contributed by atoms with Gasteiger partial charge in [-0.15, -0.1) is 0 Å². The van der Waals surface area contributed by atoms with Gasteiger partial charge in [-0.05, 0) is 39.0 Å². The zero-order chi connectivity index (χ0) is 22.7. The topological polar surface area (TPSA) is 57.3 Å². The summed E-state index contributed by atoms with van der Waals surface area (Å²) in [6.45, 7) is 10.8. The van der Waals surface area contributed by atoms with Gasteiger partial charge in [-0.3, -0.25) is 14.3 Å². The van der Waals surface area contributed by atoms with Crippen LogP contribution in [0, 0.1) is 19.7 Å². The first kappa shape index (κ1) is 22.5. The minimum atomic E-state index is -0.344. The molecule has 2 aromatic heterocycles. The highest BCUT2D eigenvalue weighted by molar-refractivity contribution is 5.25. The van der Waals surface area contributed by atoms with Crippen molar-refractivity contribution >= 4 is 0 Å². The van der Waals surface area contributed by atoms with Crippen molar-refractivity contribution in [3.63, 3.8) is 0 Å². The van der Waals surface area contributed by atoms with Crippen molar-refractivity contribution in [2.24, 2.45) is 7.05 Å². The molecule has 0 amide bonds. The molecule has 8 heteroatoms. The number of nitrogens with zero attached hydrogens (tertiary/aromatic N) is 5. The van der Waals surface area contributed by atoms with Gasteiger partial charge < -0.3 is 9.47 Å². The number of morpholine rings is 1. The molecule has 7 nitrogen and oxygen atoms in total. The van der Waals surface area contributed by atoms with Gasteiger partial charge in [-0.2, -0.15) is 10.2 Å².